The maximum Gasteiger partial charge on any atom is 0.291 e. The fourth-order valence-electron chi connectivity index (χ4n) is 2.00. The highest BCUT2D eigenvalue weighted by Crippen LogP contribution is 2.22. The van der Waals surface area contributed by atoms with Crippen LogP contribution < -0.4 is 16.6 Å². The average Bonchev–Trinajstić information content (AvgIpc) is 3.12. The molecule has 3 aromatic rings. The van der Waals surface area contributed by atoms with Crippen molar-refractivity contribution in [3.05, 3.63) is 70.2 Å². The molecule has 1 aromatic carbocycles. The molecular weight excluding hydrogens is 347 g/mol. The van der Waals surface area contributed by atoms with Gasteiger partial charge in [0.2, 0.25) is 0 Å². The van der Waals surface area contributed by atoms with Gasteiger partial charge in [0.25, 0.3) is 11.5 Å². The van der Waals surface area contributed by atoms with Crippen LogP contribution in [0, 0.1) is 5.82 Å². The topological polar surface area (TPSA) is 114 Å². The summed E-state index contributed by atoms with van der Waals surface area (Å²) in [6.07, 6.45) is 1.34. The van der Waals surface area contributed by atoms with Gasteiger partial charge in [-0.2, -0.15) is 0 Å². The lowest BCUT2D eigenvalue weighted by Crippen LogP contribution is -2.22. The Kier molecular flexibility index (Phi) is 4.85. The van der Waals surface area contributed by atoms with Crippen LogP contribution in [0.25, 0.3) is 0 Å². The largest absolute Gasteiger partial charge is 0.459 e. The van der Waals surface area contributed by atoms with Gasteiger partial charge < -0.3 is 15.5 Å². The number of halogens is 1. The van der Waals surface area contributed by atoms with Gasteiger partial charge >= 0.3 is 0 Å². The molecule has 1 amide bonds. The number of amides is 1. The van der Waals surface area contributed by atoms with E-state index in [0.717, 1.165) is 11.8 Å². The van der Waals surface area contributed by atoms with Crippen molar-refractivity contribution in [1.29, 1.82) is 0 Å². The summed E-state index contributed by atoms with van der Waals surface area (Å²) in [6.45, 7) is 0. The molecule has 0 saturated carbocycles. The molecule has 0 saturated heterocycles. The summed E-state index contributed by atoms with van der Waals surface area (Å²) in [7, 11) is 0. The van der Waals surface area contributed by atoms with Crippen molar-refractivity contribution in [2.24, 2.45) is 0 Å². The Morgan fingerprint density at radius 3 is 2.80 bits per heavy atom. The molecule has 2 aromatic heterocycles. The Bertz CT molecular complexity index is 956. The summed E-state index contributed by atoms with van der Waals surface area (Å²) in [4.78, 5) is 30.6. The van der Waals surface area contributed by atoms with Crippen LogP contribution in [0.1, 0.15) is 16.1 Å². The highest BCUT2D eigenvalue weighted by molar-refractivity contribution is 7.98. The van der Waals surface area contributed by atoms with E-state index in [1.54, 1.807) is 24.3 Å². The van der Waals surface area contributed by atoms with Crippen molar-refractivity contribution in [2.75, 3.05) is 11.1 Å². The van der Waals surface area contributed by atoms with Crippen molar-refractivity contribution >= 4 is 29.2 Å². The molecule has 0 aliphatic carbocycles. The number of anilines is 2. The van der Waals surface area contributed by atoms with Crippen LogP contribution in [0.2, 0.25) is 0 Å². The number of aromatic amines is 1. The number of hydrogen-bond donors (Lipinski definition) is 3. The lowest BCUT2D eigenvalue weighted by atomic mass is 10.2. The van der Waals surface area contributed by atoms with Crippen molar-refractivity contribution in [3.63, 3.8) is 0 Å². The SMILES string of the molecule is Nc1nc(SCc2ccccc2F)[nH]c(=O)c1NC(=O)c1ccco1. The summed E-state index contributed by atoms with van der Waals surface area (Å²) < 4.78 is 18.6. The fourth-order valence-corrected chi connectivity index (χ4v) is 2.86. The minimum Gasteiger partial charge on any atom is -0.459 e. The molecule has 4 N–H and O–H groups in total. The summed E-state index contributed by atoms with van der Waals surface area (Å²) in [6, 6.07) is 9.30. The first-order valence-corrected chi connectivity index (χ1v) is 8.14. The summed E-state index contributed by atoms with van der Waals surface area (Å²) in [5.41, 5.74) is 5.46. The number of nitrogens with one attached hydrogen (secondary N) is 2. The number of nitrogen functional groups attached to an aromatic ring is 1. The second-order valence-electron chi connectivity index (χ2n) is 4.94. The number of rotatable bonds is 5. The Morgan fingerprint density at radius 1 is 1.32 bits per heavy atom. The quantitative estimate of drug-likeness (QED) is 0.476. The van der Waals surface area contributed by atoms with E-state index in [-0.39, 0.29) is 34.0 Å². The van der Waals surface area contributed by atoms with Crippen molar-refractivity contribution in [2.45, 2.75) is 10.9 Å². The number of benzene rings is 1. The predicted octanol–water partition coefficient (Wildman–Crippen LogP) is 2.63. The normalized spacial score (nSPS) is 10.6. The number of H-pyrrole nitrogens is 1. The predicted molar refractivity (Wildman–Crippen MR) is 91.9 cm³/mol. The first-order valence-electron chi connectivity index (χ1n) is 7.15. The van der Waals surface area contributed by atoms with Crippen LogP contribution in [-0.4, -0.2) is 15.9 Å². The van der Waals surface area contributed by atoms with E-state index in [2.05, 4.69) is 15.3 Å². The minimum absolute atomic E-state index is 0.0387. The third kappa shape index (κ3) is 3.89. The molecule has 3 rings (SSSR count). The number of nitrogens with zero attached hydrogens (tertiary/aromatic N) is 1. The monoisotopic (exact) mass is 360 g/mol. The van der Waals surface area contributed by atoms with Gasteiger partial charge in [0, 0.05) is 5.75 Å². The van der Waals surface area contributed by atoms with Crippen LogP contribution in [0.5, 0.6) is 0 Å². The lowest BCUT2D eigenvalue weighted by Gasteiger charge is -2.07. The van der Waals surface area contributed by atoms with Gasteiger partial charge in [-0.25, -0.2) is 9.37 Å². The number of thioether (sulfide) groups is 1. The fraction of sp³-hybridized carbons (Fsp3) is 0.0625. The van der Waals surface area contributed by atoms with Gasteiger partial charge in [0.05, 0.1) is 6.26 Å². The number of carbonyl (C=O) groups excluding carboxylic acids is 1. The third-order valence-electron chi connectivity index (χ3n) is 3.23. The number of aromatic nitrogens is 2. The first-order chi connectivity index (χ1) is 12.0. The van der Waals surface area contributed by atoms with E-state index in [0.29, 0.717) is 5.56 Å². The zero-order valence-corrected chi connectivity index (χ0v) is 13.6. The number of hydrogen-bond acceptors (Lipinski definition) is 6. The summed E-state index contributed by atoms with van der Waals surface area (Å²) in [5.74, 6) is -0.785. The van der Waals surface area contributed by atoms with Gasteiger partial charge in [-0.3, -0.25) is 14.6 Å². The number of carbonyl (C=O) groups is 1. The van der Waals surface area contributed by atoms with E-state index in [1.165, 1.54) is 18.4 Å². The second kappa shape index (κ2) is 7.22. The maximum absolute atomic E-state index is 13.6. The van der Waals surface area contributed by atoms with Crippen LogP contribution in [0.15, 0.2) is 57.0 Å². The molecule has 7 nitrogen and oxygen atoms in total. The molecule has 0 spiro atoms. The molecule has 0 fully saturated rings. The van der Waals surface area contributed by atoms with Gasteiger partial charge in [0.1, 0.15) is 5.82 Å². The van der Waals surface area contributed by atoms with Gasteiger partial charge in [-0.1, -0.05) is 30.0 Å². The van der Waals surface area contributed by atoms with Gasteiger partial charge in [-0.15, -0.1) is 0 Å². The van der Waals surface area contributed by atoms with E-state index in [9.17, 15) is 14.0 Å². The van der Waals surface area contributed by atoms with Gasteiger partial charge in [-0.05, 0) is 23.8 Å². The van der Waals surface area contributed by atoms with Crippen LogP contribution >= 0.6 is 11.8 Å². The highest BCUT2D eigenvalue weighted by atomic mass is 32.2. The summed E-state index contributed by atoms with van der Waals surface area (Å²) >= 11 is 1.12. The van der Waals surface area contributed by atoms with Crippen molar-refractivity contribution < 1.29 is 13.6 Å². The number of furan rings is 1. The van der Waals surface area contributed by atoms with Crippen molar-refractivity contribution in [3.8, 4) is 0 Å². The molecule has 9 heteroatoms. The summed E-state index contributed by atoms with van der Waals surface area (Å²) in [5, 5.41) is 2.58. The average molecular weight is 360 g/mol. The third-order valence-corrected chi connectivity index (χ3v) is 4.15. The zero-order valence-electron chi connectivity index (χ0n) is 12.8. The lowest BCUT2D eigenvalue weighted by molar-refractivity contribution is 0.0996. The molecule has 0 atom stereocenters. The maximum atomic E-state index is 13.6. The molecule has 0 unspecified atom stereocenters. The Labute approximate surface area is 145 Å². The molecule has 0 bridgehead atoms. The molecule has 25 heavy (non-hydrogen) atoms. The second-order valence-corrected chi connectivity index (χ2v) is 5.91. The van der Waals surface area contributed by atoms with E-state index < -0.39 is 11.5 Å². The molecule has 0 aliphatic rings. The smallest absolute Gasteiger partial charge is 0.291 e. The Balaban J connectivity index is 1.75. The zero-order chi connectivity index (χ0) is 17.8. The van der Waals surface area contributed by atoms with Crippen LogP contribution in [0.3, 0.4) is 0 Å². The van der Waals surface area contributed by atoms with Crippen LogP contribution in [-0.2, 0) is 5.75 Å². The highest BCUT2D eigenvalue weighted by Gasteiger charge is 2.15. The molecular formula is C16H13FN4O3S. The van der Waals surface area contributed by atoms with Gasteiger partial charge in [0.15, 0.2) is 22.4 Å². The van der Waals surface area contributed by atoms with Crippen molar-refractivity contribution in [1.82, 2.24) is 9.97 Å². The Hall–Kier alpha value is -3.07. The van der Waals surface area contributed by atoms with E-state index in [4.69, 9.17) is 10.2 Å². The van der Waals surface area contributed by atoms with E-state index in [1.807, 2.05) is 0 Å². The van der Waals surface area contributed by atoms with E-state index >= 15 is 0 Å². The molecule has 128 valence electrons. The standard InChI is InChI=1S/C16H13FN4O3S/c17-10-5-2-1-4-9(10)8-25-16-20-13(18)12(15(23)21-16)19-14(22)11-6-3-7-24-11/h1-7H,8H2,(H,19,22)(H3,18,20,21,23). The Morgan fingerprint density at radius 2 is 2.12 bits per heavy atom. The van der Waals surface area contributed by atoms with Crippen LogP contribution in [0.4, 0.5) is 15.9 Å². The molecule has 0 aliphatic heterocycles. The minimum atomic E-state index is -0.615. The molecule has 2 heterocycles. The number of nitrogens with two attached hydrogens (primary N) is 1. The first kappa shape index (κ1) is 16.8. The molecule has 0 radical (unpaired) electrons.